The highest BCUT2D eigenvalue weighted by Crippen LogP contribution is 2.27. The Kier molecular flexibility index (Phi) is 5.56. The first kappa shape index (κ1) is 18.1. The number of hydrogen-bond donors (Lipinski definition) is 2. The molecule has 28 heavy (non-hydrogen) atoms. The summed E-state index contributed by atoms with van der Waals surface area (Å²) in [4.78, 5) is 11.3. The lowest BCUT2D eigenvalue weighted by atomic mass is 10.2. The van der Waals surface area contributed by atoms with E-state index >= 15 is 0 Å². The lowest BCUT2D eigenvalue weighted by Gasteiger charge is -2.18. The zero-order chi connectivity index (χ0) is 19.2. The lowest BCUT2D eigenvalue weighted by Crippen LogP contribution is -2.17. The first-order valence-electron chi connectivity index (χ1n) is 9.76. The minimum atomic E-state index is 0.519. The Morgan fingerprint density at radius 2 is 1.75 bits per heavy atom. The van der Waals surface area contributed by atoms with Gasteiger partial charge in [-0.25, -0.2) is 4.98 Å². The number of rotatable bonds is 7. The highest BCUT2D eigenvalue weighted by Gasteiger charge is 2.12. The van der Waals surface area contributed by atoms with Gasteiger partial charge in [-0.05, 0) is 62.2 Å². The van der Waals surface area contributed by atoms with Gasteiger partial charge in [0.15, 0.2) is 0 Å². The van der Waals surface area contributed by atoms with Crippen LogP contribution in [0.4, 0.5) is 28.8 Å². The second-order valence-electron chi connectivity index (χ2n) is 6.69. The molecule has 2 aromatic carbocycles. The molecule has 144 valence electrons. The third kappa shape index (κ3) is 4.34. The highest BCUT2D eigenvalue weighted by atomic mass is 16.5. The molecule has 0 radical (unpaired) electrons. The van der Waals surface area contributed by atoms with Crippen LogP contribution in [-0.2, 0) is 0 Å². The van der Waals surface area contributed by atoms with Crippen LogP contribution in [-0.4, -0.2) is 29.7 Å². The summed E-state index contributed by atoms with van der Waals surface area (Å²) in [5.41, 5.74) is 3.12. The van der Waals surface area contributed by atoms with Gasteiger partial charge in [0.25, 0.3) is 0 Å². The second-order valence-corrected chi connectivity index (χ2v) is 6.69. The fourth-order valence-corrected chi connectivity index (χ4v) is 3.34. The van der Waals surface area contributed by atoms with Crippen LogP contribution in [0.3, 0.4) is 0 Å². The molecular formula is C22H25N5O. The molecule has 0 bridgehead atoms. The van der Waals surface area contributed by atoms with Gasteiger partial charge in [-0.15, -0.1) is 0 Å². The Morgan fingerprint density at radius 3 is 2.54 bits per heavy atom. The molecule has 1 fully saturated rings. The van der Waals surface area contributed by atoms with Crippen LogP contribution < -0.4 is 20.3 Å². The number of nitrogens with one attached hydrogen (secondary N) is 2. The lowest BCUT2D eigenvalue weighted by molar-refractivity contribution is 0.342. The molecule has 0 saturated carbocycles. The molecule has 3 aromatic rings. The van der Waals surface area contributed by atoms with Crippen molar-refractivity contribution in [1.29, 1.82) is 0 Å². The van der Waals surface area contributed by atoms with E-state index in [1.54, 1.807) is 6.20 Å². The van der Waals surface area contributed by atoms with Gasteiger partial charge >= 0.3 is 0 Å². The van der Waals surface area contributed by atoms with Crippen LogP contribution in [0.25, 0.3) is 0 Å². The molecule has 1 saturated heterocycles. The molecule has 2 N–H and O–H groups in total. The maximum Gasteiger partial charge on any atom is 0.229 e. The summed E-state index contributed by atoms with van der Waals surface area (Å²) in [6.07, 6.45) is 4.30. The van der Waals surface area contributed by atoms with E-state index in [2.05, 4.69) is 49.8 Å². The third-order valence-corrected chi connectivity index (χ3v) is 4.70. The molecule has 1 aromatic heterocycles. The van der Waals surface area contributed by atoms with E-state index in [9.17, 15) is 0 Å². The van der Waals surface area contributed by atoms with Crippen LogP contribution in [0.15, 0.2) is 60.8 Å². The predicted molar refractivity (Wildman–Crippen MR) is 114 cm³/mol. The summed E-state index contributed by atoms with van der Waals surface area (Å²) in [5, 5.41) is 6.58. The standard InChI is InChI=1S/C22H25N5O/c1-2-28-20-8-4-3-7-19(20)25-22-23-14-13-21(26-22)24-17-9-11-18(12-10-17)27-15-5-6-16-27/h3-4,7-14H,2,5-6,15-16H2,1H3,(H2,23,24,25,26). The molecule has 6 nitrogen and oxygen atoms in total. The van der Waals surface area contributed by atoms with Crippen molar-refractivity contribution >= 4 is 28.8 Å². The molecular weight excluding hydrogens is 350 g/mol. The van der Waals surface area contributed by atoms with E-state index < -0.39 is 0 Å². The number of aromatic nitrogens is 2. The summed E-state index contributed by atoms with van der Waals surface area (Å²) < 4.78 is 5.65. The topological polar surface area (TPSA) is 62.3 Å². The predicted octanol–water partition coefficient (Wildman–Crippen LogP) is 4.96. The Labute approximate surface area is 165 Å². The summed E-state index contributed by atoms with van der Waals surface area (Å²) in [5.74, 6) is 2.04. The average molecular weight is 375 g/mol. The minimum Gasteiger partial charge on any atom is -0.492 e. The normalized spacial score (nSPS) is 13.4. The number of hydrogen-bond acceptors (Lipinski definition) is 6. The third-order valence-electron chi connectivity index (χ3n) is 4.70. The van der Waals surface area contributed by atoms with Crippen molar-refractivity contribution in [3.05, 3.63) is 60.8 Å². The smallest absolute Gasteiger partial charge is 0.229 e. The zero-order valence-electron chi connectivity index (χ0n) is 16.1. The summed E-state index contributed by atoms with van der Waals surface area (Å²) in [6, 6.07) is 18.1. The van der Waals surface area contributed by atoms with Gasteiger partial charge in [0, 0.05) is 30.7 Å². The van der Waals surface area contributed by atoms with Gasteiger partial charge in [-0.1, -0.05) is 12.1 Å². The highest BCUT2D eigenvalue weighted by molar-refractivity contribution is 5.65. The maximum absolute atomic E-state index is 5.65. The van der Waals surface area contributed by atoms with Crippen LogP contribution >= 0.6 is 0 Å². The average Bonchev–Trinajstić information content (AvgIpc) is 3.25. The molecule has 2 heterocycles. The number of nitrogens with zero attached hydrogens (tertiary/aromatic N) is 3. The molecule has 4 rings (SSSR count). The van der Waals surface area contributed by atoms with Crippen LogP contribution in [0.5, 0.6) is 5.75 Å². The fraction of sp³-hybridized carbons (Fsp3) is 0.273. The minimum absolute atomic E-state index is 0.519. The number of benzene rings is 2. The van der Waals surface area contributed by atoms with E-state index in [4.69, 9.17) is 4.74 Å². The van der Waals surface area contributed by atoms with Crippen LogP contribution in [0.2, 0.25) is 0 Å². The monoisotopic (exact) mass is 375 g/mol. The SMILES string of the molecule is CCOc1ccccc1Nc1nccc(Nc2ccc(N3CCCC3)cc2)n1. The molecule has 1 aliphatic heterocycles. The second kappa shape index (κ2) is 8.61. The number of para-hydroxylation sites is 2. The maximum atomic E-state index is 5.65. The van der Waals surface area contributed by atoms with E-state index in [1.165, 1.54) is 18.5 Å². The van der Waals surface area contributed by atoms with E-state index in [-0.39, 0.29) is 0 Å². The van der Waals surface area contributed by atoms with Crippen LogP contribution in [0.1, 0.15) is 19.8 Å². The van der Waals surface area contributed by atoms with E-state index in [1.807, 2.05) is 37.3 Å². The molecule has 0 unspecified atom stereocenters. The van der Waals surface area contributed by atoms with Gasteiger partial charge in [0.2, 0.25) is 5.95 Å². The van der Waals surface area contributed by atoms with Crippen molar-refractivity contribution in [1.82, 2.24) is 9.97 Å². The van der Waals surface area contributed by atoms with Gasteiger partial charge in [-0.2, -0.15) is 4.98 Å². The van der Waals surface area contributed by atoms with Crippen molar-refractivity contribution in [2.75, 3.05) is 35.2 Å². The van der Waals surface area contributed by atoms with E-state index in [0.29, 0.717) is 12.6 Å². The summed E-state index contributed by atoms with van der Waals surface area (Å²) >= 11 is 0. The largest absolute Gasteiger partial charge is 0.492 e. The Balaban J connectivity index is 1.45. The Morgan fingerprint density at radius 1 is 0.964 bits per heavy atom. The number of ether oxygens (including phenoxy) is 1. The first-order chi connectivity index (χ1) is 13.8. The molecule has 0 aliphatic carbocycles. The molecule has 6 heteroatoms. The van der Waals surface area contributed by atoms with Crippen LogP contribution in [0, 0.1) is 0 Å². The van der Waals surface area contributed by atoms with Crippen molar-refractivity contribution in [2.24, 2.45) is 0 Å². The van der Waals surface area contributed by atoms with Crippen molar-refractivity contribution in [3.63, 3.8) is 0 Å². The number of anilines is 5. The summed E-state index contributed by atoms with van der Waals surface area (Å²) in [6.45, 7) is 4.87. The van der Waals surface area contributed by atoms with Crippen molar-refractivity contribution < 1.29 is 4.74 Å². The molecule has 1 aliphatic rings. The fourth-order valence-electron chi connectivity index (χ4n) is 3.34. The molecule has 0 amide bonds. The van der Waals surface area contributed by atoms with Gasteiger partial charge in [-0.3, -0.25) is 0 Å². The van der Waals surface area contributed by atoms with Crippen molar-refractivity contribution in [3.8, 4) is 5.75 Å². The first-order valence-corrected chi connectivity index (χ1v) is 9.76. The quantitative estimate of drug-likeness (QED) is 0.608. The summed E-state index contributed by atoms with van der Waals surface area (Å²) in [7, 11) is 0. The van der Waals surface area contributed by atoms with Gasteiger partial charge < -0.3 is 20.3 Å². The zero-order valence-corrected chi connectivity index (χ0v) is 16.1. The van der Waals surface area contributed by atoms with Gasteiger partial charge in [0.1, 0.15) is 11.6 Å². The molecule has 0 atom stereocenters. The Bertz CT molecular complexity index is 907. The molecule has 0 spiro atoms. The van der Waals surface area contributed by atoms with Crippen molar-refractivity contribution in [2.45, 2.75) is 19.8 Å². The Hall–Kier alpha value is -3.28. The van der Waals surface area contributed by atoms with E-state index in [0.717, 1.165) is 36.0 Å². The van der Waals surface area contributed by atoms with Gasteiger partial charge in [0.05, 0.1) is 12.3 Å².